The monoisotopic (exact) mass is 533 g/mol. The second-order valence-electron chi connectivity index (χ2n) is 7.81. The summed E-state index contributed by atoms with van der Waals surface area (Å²) in [6, 6.07) is 15.6. The van der Waals surface area contributed by atoms with Crippen LogP contribution in [0.1, 0.15) is 10.4 Å². The zero-order valence-electron chi connectivity index (χ0n) is 18.1. The summed E-state index contributed by atoms with van der Waals surface area (Å²) in [5.74, 6) is 0.0355. The van der Waals surface area contributed by atoms with Crippen LogP contribution < -0.4 is 14.8 Å². The van der Waals surface area contributed by atoms with Gasteiger partial charge in [-0.15, -0.1) is 0 Å². The number of aliphatic hydroxyl groups excluding tert-OH is 4. The van der Waals surface area contributed by atoms with Crippen LogP contribution in [-0.4, -0.2) is 70.8 Å². The quantitative estimate of drug-likeness (QED) is 0.324. The van der Waals surface area contributed by atoms with Crippen molar-refractivity contribution in [1.29, 1.82) is 0 Å². The molecule has 1 heterocycles. The summed E-state index contributed by atoms with van der Waals surface area (Å²) in [6.07, 6.45) is -7.35. The number of para-hydroxylation sites is 2. The molecule has 5 atom stereocenters. The van der Waals surface area contributed by atoms with Crippen molar-refractivity contribution in [2.45, 2.75) is 30.7 Å². The lowest BCUT2D eigenvalue weighted by Crippen LogP contribution is -2.60. The fourth-order valence-electron chi connectivity index (χ4n) is 3.75. The highest BCUT2D eigenvalue weighted by molar-refractivity contribution is 9.10. The van der Waals surface area contributed by atoms with Crippen molar-refractivity contribution in [1.82, 2.24) is 0 Å². The number of amides is 1. The molecule has 4 rings (SSSR count). The first-order chi connectivity index (χ1) is 16.3. The minimum atomic E-state index is -1.62. The van der Waals surface area contributed by atoms with Crippen LogP contribution in [0.4, 0.5) is 5.69 Å². The average molecular weight is 534 g/mol. The topological polar surface area (TPSA) is 138 Å². The Morgan fingerprint density at radius 1 is 1.00 bits per heavy atom. The number of fused-ring (bicyclic) bond motifs is 1. The molecule has 1 aliphatic heterocycles. The molecule has 3 aromatic rings. The molecule has 0 saturated carbocycles. The van der Waals surface area contributed by atoms with Crippen molar-refractivity contribution < 1.29 is 39.4 Å². The van der Waals surface area contributed by atoms with E-state index in [1.807, 2.05) is 18.2 Å². The van der Waals surface area contributed by atoms with Gasteiger partial charge in [0.2, 0.25) is 6.29 Å². The predicted octanol–water partition coefficient (Wildman–Crippen LogP) is 2.04. The molecule has 1 saturated heterocycles. The Bertz CT molecular complexity index is 1190. The number of hydrogen-bond acceptors (Lipinski definition) is 8. The predicted molar refractivity (Wildman–Crippen MR) is 127 cm³/mol. The maximum absolute atomic E-state index is 13.3. The highest BCUT2D eigenvalue weighted by Gasteiger charge is 2.45. The highest BCUT2D eigenvalue weighted by Crippen LogP contribution is 2.33. The first-order valence-corrected chi connectivity index (χ1v) is 11.3. The van der Waals surface area contributed by atoms with Gasteiger partial charge in [-0.05, 0) is 47.2 Å². The van der Waals surface area contributed by atoms with Gasteiger partial charge in [0.1, 0.15) is 35.9 Å². The number of benzene rings is 3. The van der Waals surface area contributed by atoms with Crippen molar-refractivity contribution in [2.24, 2.45) is 0 Å². The fourth-order valence-corrected chi connectivity index (χ4v) is 4.13. The molecule has 0 aliphatic carbocycles. The number of rotatable bonds is 6. The molecule has 1 amide bonds. The summed E-state index contributed by atoms with van der Waals surface area (Å²) in [7, 11) is 1.49. The summed E-state index contributed by atoms with van der Waals surface area (Å²) in [5.41, 5.74) is 0.580. The largest absolute Gasteiger partial charge is 0.495 e. The summed E-state index contributed by atoms with van der Waals surface area (Å²) in [4.78, 5) is 13.3. The smallest absolute Gasteiger partial charge is 0.259 e. The zero-order chi connectivity index (χ0) is 24.4. The van der Waals surface area contributed by atoms with E-state index in [9.17, 15) is 25.2 Å². The minimum Gasteiger partial charge on any atom is -0.495 e. The van der Waals surface area contributed by atoms with Crippen molar-refractivity contribution in [3.63, 3.8) is 0 Å². The van der Waals surface area contributed by atoms with Crippen molar-refractivity contribution in [3.8, 4) is 11.5 Å². The first kappa shape index (κ1) is 24.4. The van der Waals surface area contributed by atoms with Crippen LogP contribution in [0.2, 0.25) is 0 Å². The van der Waals surface area contributed by atoms with E-state index < -0.39 is 43.2 Å². The normalized spacial score (nSPS) is 24.6. The highest BCUT2D eigenvalue weighted by atomic mass is 79.9. The summed E-state index contributed by atoms with van der Waals surface area (Å²) < 4.78 is 17.4. The fraction of sp³-hybridized carbons (Fsp3) is 0.292. The van der Waals surface area contributed by atoms with Gasteiger partial charge in [-0.1, -0.05) is 34.1 Å². The standard InChI is InChI=1S/C24H24BrNO8/c1-32-17-5-3-2-4-16(17)26-23(31)15-9-13-8-14(25)7-6-12(13)10-18(15)33-24-22(30)21(29)20(28)19(11-27)34-24/h2-10,19-22,24,27-30H,11H2,1H3,(H,26,31)/t19-,20-,21+,22-,24+/m0/s1. The van der Waals surface area contributed by atoms with E-state index in [1.165, 1.54) is 7.11 Å². The van der Waals surface area contributed by atoms with Gasteiger partial charge in [-0.3, -0.25) is 4.79 Å². The second-order valence-corrected chi connectivity index (χ2v) is 8.73. The third-order valence-electron chi connectivity index (χ3n) is 5.59. The number of carbonyl (C=O) groups excluding carboxylic acids is 1. The third-order valence-corrected chi connectivity index (χ3v) is 6.09. The lowest BCUT2D eigenvalue weighted by molar-refractivity contribution is -0.277. The number of carbonyl (C=O) groups is 1. The van der Waals surface area contributed by atoms with Gasteiger partial charge in [0, 0.05) is 4.47 Å². The SMILES string of the molecule is COc1ccccc1NC(=O)c1cc2cc(Br)ccc2cc1O[C@@H]1O[C@@H](CO)[C@H](O)[C@@H](O)[C@@H]1O. The molecule has 10 heteroatoms. The molecular weight excluding hydrogens is 510 g/mol. The molecule has 9 nitrogen and oxygen atoms in total. The molecule has 1 aliphatic rings. The molecule has 3 aromatic carbocycles. The number of ether oxygens (including phenoxy) is 3. The summed E-state index contributed by atoms with van der Waals surface area (Å²) in [5, 5.41) is 44.3. The Balaban J connectivity index is 1.72. The maximum atomic E-state index is 13.3. The van der Waals surface area contributed by atoms with Gasteiger partial charge in [0.15, 0.2) is 0 Å². The lowest BCUT2D eigenvalue weighted by atomic mass is 9.99. The van der Waals surface area contributed by atoms with Gasteiger partial charge in [0.05, 0.1) is 25.0 Å². The molecular formula is C24H24BrNO8. The Kier molecular flexibility index (Phi) is 7.36. The van der Waals surface area contributed by atoms with Crippen LogP contribution in [0.3, 0.4) is 0 Å². The molecule has 5 N–H and O–H groups in total. The molecule has 0 bridgehead atoms. The first-order valence-electron chi connectivity index (χ1n) is 10.5. The molecule has 0 spiro atoms. The Morgan fingerprint density at radius 3 is 2.50 bits per heavy atom. The summed E-state index contributed by atoms with van der Waals surface area (Å²) in [6.45, 7) is -0.600. The van der Waals surface area contributed by atoms with Crippen LogP contribution >= 0.6 is 15.9 Å². The van der Waals surface area contributed by atoms with Gasteiger partial charge in [0.25, 0.3) is 5.91 Å². The van der Waals surface area contributed by atoms with E-state index >= 15 is 0 Å². The van der Waals surface area contributed by atoms with Crippen LogP contribution in [-0.2, 0) is 4.74 Å². The molecule has 0 aromatic heterocycles. The Labute approximate surface area is 203 Å². The van der Waals surface area contributed by atoms with E-state index in [4.69, 9.17) is 14.2 Å². The van der Waals surface area contributed by atoms with E-state index in [0.717, 1.165) is 15.2 Å². The minimum absolute atomic E-state index is 0.0755. The van der Waals surface area contributed by atoms with Gasteiger partial charge >= 0.3 is 0 Å². The number of aliphatic hydroxyl groups is 4. The van der Waals surface area contributed by atoms with Crippen molar-refractivity contribution in [3.05, 3.63) is 64.6 Å². The molecule has 0 unspecified atom stereocenters. The molecule has 0 radical (unpaired) electrons. The number of nitrogens with one attached hydrogen (secondary N) is 1. The van der Waals surface area contributed by atoms with Crippen LogP contribution in [0.5, 0.6) is 11.5 Å². The van der Waals surface area contributed by atoms with Gasteiger partial charge in [-0.25, -0.2) is 0 Å². The zero-order valence-corrected chi connectivity index (χ0v) is 19.7. The number of anilines is 1. The van der Waals surface area contributed by atoms with Crippen molar-refractivity contribution >= 4 is 38.3 Å². The number of hydrogen-bond donors (Lipinski definition) is 5. The average Bonchev–Trinajstić information content (AvgIpc) is 2.84. The summed E-state index contributed by atoms with van der Waals surface area (Å²) >= 11 is 3.42. The Hall–Kier alpha value is -2.73. The van der Waals surface area contributed by atoms with Gasteiger partial charge < -0.3 is 40.0 Å². The van der Waals surface area contributed by atoms with E-state index in [0.29, 0.717) is 11.4 Å². The van der Waals surface area contributed by atoms with E-state index in [2.05, 4.69) is 21.2 Å². The van der Waals surface area contributed by atoms with Crippen LogP contribution in [0, 0.1) is 0 Å². The molecule has 1 fully saturated rings. The Morgan fingerprint density at radius 2 is 1.76 bits per heavy atom. The van der Waals surface area contributed by atoms with E-state index in [1.54, 1.807) is 36.4 Å². The lowest BCUT2D eigenvalue weighted by Gasteiger charge is -2.39. The molecule has 180 valence electrons. The van der Waals surface area contributed by atoms with Gasteiger partial charge in [-0.2, -0.15) is 0 Å². The van der Waals surface area contributed by atoms with E-state index in [-0.39, 0.29) is 11.3 Å². The van der Waals surface area contributed by atoms with Crippen molar-refractivity contribution in [2.75, 3.05) is 19.0 Å². The van der Waals surface area contributed by atoms with Crippen LogP contribution in [0.25, 0.3) is 10.8 Å². The number of methoxy groups -OCH3 is 1. The van der Waals surface area contributed by atoms with Crippen LogP contribution in [0.15, 0.2) is 59.1 Å². The second kappa shape index (κ2) is 10.3. The maximum Gasteiger partial charge on any atom is 0.259 e. The number of halogens is 1. The third kappa shape index (κ3) is 4.88. The molecule has 34 heavy (non-hydrogen) atoms.